The molecule has 0 saturated carbocycles. The zero-order chi connectivity index (χ0) is 21.0. The smallest absolute Gasteiger partial charge is 0.236 e. The summed E-state index contributed by atoms with van der Waals surface area (Å²) in [5.41, 5.74) is 2.04. The molecule has 0 N–H and O–H groups in total. The summed E-state index contributed by atoms with van der Waals surface area (Å²) in [6.45, 7) is 6.15. The molecule has 0 radical (unpaired) electrons. The van der Waals surface area contributed by atoms with Gasteiger partial charge in [0.15, 0.2) is 0 Å². The van der Waals surface area contributed by atoms with Crippen LogP contribution in [0.2, 0.25) is 0 Å². The van der Waals surface area contributed by atoms with Crippen LogP contribution in [0.4, 0.5) is 11.8 Å². The minimum Gasteiger partial charge on any atom is -0.354 e. The van der Waals surface area contributed by atoms with E-state index < -0.39 is 10.0 Å². The second kappa shape index (κ2) is 9.14. The topological polar surface area (TPSA) is 69.6 Å². The van der Waals surface area contributed by atoms with Crippen molar-refractivity contribution in [1.82, 2.24) is 14.3 Å². The Morgan fingerprint density at radius 2 is 1.57 bits per heavy atom. The summed E-state index contributed by atoms with van der Waals surface area (Å²) in [6.07, 6.45) is 7.10. The molecule has 2 aliphatic rings. The highest BCUT2D eigenvalue weighted by atomic mass is 32.2. The first-order valence-corrected chi connectivity index (χ1v) is 12.1. The van der Waals surface area contributed by atoms with E-state index in [9.17, 15) is 8.42 Å². The fourth-order valence-corrected chi connectivity index (χ4v) is 5.03. The molecule has 30 heavy (non-hydrogen) atoms. The van der Waals surface area contributed by atoms with Gasteiger partial charge in [-0.15, -0.1) is 0 Å². The van der Waals surface area contributed by atoms with Crippen LogP contribution in [0.15, 0.2) is 41.9 Å². The number of hydrogen-bond donors (Lipinski definition) is 0. The average Bonchev–Trinajstić information content (AvgIpc) is 2.79. The van der Waals surface area contributed by atoms with Crippen LogP contribution >= 0.6 is 0 Å². The molecule has 3 heterocycles. The van der Waals surface area contributed by atoms with Crippen molar-refractivity contribution in [2.24, 2.45) is 0 Å². The Hall–Kier alpha value is -2.45. The van der Waals surface area contributed by atoms with Crippen molar-refractivity contribution in [2.75, 3.05) is 49.1 Å². The molecule has 160 valence electrons. The van der Waals surface area contributed by atoms with Gasteiger partial charge in [0.05, 0.1) is 0 Å². The van der Waals surface area contributed by atoms with E-state index in [4.69, 9.17) is 4.98 Å². The van der Waals surface area contributed by atoms with Gasteiger partial charge in [-0.1, -0.05) is 29.8 Å². The summed E-state index contributed by atoms with van der Waals surface area (Å²) in [4.78, 5) is 13.6. The number of sulfonamides is 1. The maximum atomic E-state index is 12.7. The van der Waals surface area contributed by atoms with Crippen molar-refractivity contribution in [2.45, 2.75) is 26.2 Å². The molecular formula is C22H29N5O2S. The Bertz CT molecular complexity index is 977. The number of nitrogens with zero attached hydrogens (tertiary/aromatic N) is 5. The Balaban J connectivity index is 1.38. The van der Waals surface area contributed by atoms with E-state index >= 15 is 0 Å². The molecule has 1 aromatic carbocycles. The van der Waals surface area contributed by atoms with E-state index in [0.717, 1.165) is 36.0 Å². The molecule has 7 nitrogen and oxygen atoms in total. The number of anilines is 2. The summed E-state index contributed by atoms with van der Waals surface area (Å²) < 4.78 is 27.0. The molecular weight excluding hydrogens is 398 g/mol. The average molecular weight is 428 g/mol. The van der Waals surface area contributed by atoms with Crippen molar-refractivity contribution in [3.8, 4) is 0 Å². The molecule has 2 aromatic rings. The monoisotopic (exact) mass is 427 g/mol. The van der Waals surface area contributed by atoms with E-state index in [2.05, 4.69) is 14.8 Å². The third-order valence-corrected chi connectivity index (χ3v) is 7.26. The van der Waals surface area contributed by atoms with Gasteiger partial charge in [-0.25, -0.2) is 13.4 Å². The number of aromatic nitrogens is 2. The molecule has 8 heteroatoms. The molecule has 0 amide bonds. The summed E-state index contributed by atoms with van der Waals surface area (Å²) in [7, 11) is -3.44. The molecule has 0 bridgehead atoms. The number of aryl methyl sites for hydroxylation is 1. The molecule has 0 aliphatic carbocycles. The standard InChI is InChI=1S/C22H29N5O2S/c1-19-5-7-20(8-6-19)10-18-30(28,29)27-16-14-25(15-17-27)21-9-11-23-22(24-21)26-12-3-2-4-13-26/h5-11,18H,2-4,12-17H2,1H3/b18-10+. The summed E-state index contributed by atoms with van der Waals surface area (Å²) in [6, 6.07) is 9.72. The molecule has 2 fully saturated rings. The van der Waals surface area contributed by atoms with E-state index in [1.165, 1.54) is 24.7 Å². The predicted octanol–water partition coefficient (Wildman–Crippen LogP) is 2.90. The van der Waals surface area contributed by atoms with Crippen LogP contribution in [-0.4, -0.2) is 62.0 Å². The highest BCUT2D eigenvalue weighted by molar-refractivity contribution is 7.92. The lowest BCUT2D eigenvalue weighted by Gasteiger charge is -2.34. The number of piperidine rings is 1. The quantitative estimate of drug-likeness (QED) is 0.731. The van der Waals surface area contributed by atoms with E-state index in [0.29, 0.717) is 26.2 Å². The first-order valence-electron chi connectivity index (χ1n) is 10.6. The minimum absolute atomic E-state index is 0.448. The zero-order valence-corrected chi connectivity index (χ0v) is 18.3. The van der Waals surface area contributed by atoms with Crippen molar-refractivity contribution >= 4 is 27.9 Å². The van der Waals surface area contributed by atoms with Crippen LogP contribution < -0.4 is 9.80 Å². The van der Waals surface area contributed by atoms with Gasteiger partial charge >= 0.3 is 0 Å². The number of hydrogen-bond acceptors (Lipinski definition) is 6. The van der Waals surface area contributed by atoms with Crippen LogP contribution in [0.25, 0.3) is 6.08 Å². The zero-order valence-electron chi connectivity index (χ0n) is 17.4. The van der Waals surface area contributed by atoms with Crippen LogP contribution in [0.5, 0.6) is 0 Å². The van der Waals surface area contributed by atoms with Crippen molar-refractivity contribution in [1.29, 1.82) is 0 Å². The molecule has 4 rings (SSSR count). The maximum absolute atomic E-state index is 12.7. The Kier molecular flexibility index (Phi) is 6.34. The fourth-order valence-electron chi connectivity index (χ4n) is 3.86. The second-order valence-corrected chi connectivity index (χ2v) is 9.73. The van der Waals surface area contributed by atoms with Gasteiger partial charge in [-0.2, -0.15) is 9.29 Å². The van der Waals surface area contributed by atoms with Crippen LogP contribution in [0, 0.1) is 6.92 Å². The number of benzene rings is 1. The number of rotatable bonds is 5. The third-order valence-electron chi connectivity index (χ3n) is 5.70. The highest BCUT2D eigenvalue weighted by Crippen LogP contribution is 2.21. The summed E-state index contributed by atoms with van der Waals surface area (Å²) >= 11 is 0. The number of piperazine rings is 1. The van der Waals surface area contributed by atoms with Crippen LogP contribution in [0.1, 0.15) is 30.4 Å². The molecule has 0 spiro atoms. The van der Waals surface area contributed by atoms with Crippen molar-refractivity contribution in [3.63, 3.8) is 0 Å². The van der Waals surface area contributed by atoms with Gasteiger partial charge in [0.1, 0.15) is 5.82 Å². The Labute approximate surface area is 179 Å². The van der Waals surface area contributed by atoms with E-state index in [1.807, 2.05) is 37.3 Å². The van der Waals surface area contributed by atoms with Crippen molar-refractivity contribution < 1.29 is 8.42 Å². The third kappa shape index (κ3) is 4.99. The normalized spacial score (nSPS) is 18.8. The van der Waals surface area contributed by atoms with Gasteiger partial charge in [0.2, 0.25) is 16.0 Å². The van der Waals surface area contributed by atoms with E-state index in [-0.39, 0.29) is 0 Å². The van der Waals surface area contributed by atoms with Gasteiger partial charge < -0.3 is 9.80 Å². The van der Waals surface area contributed by atoms with Crippen molar-refractivity contribution in [3.05, 3.63) is 53.1 Å². The van der Waals surface area contributed by atoms with Gasteiger partial charge in [-0.05, 0) is 43.9 Å². The lowest BCUT2D eigenvalue weighted by Crippen LogP contribution is -2.48. The Morgan fingerprint density at radius 3 is 2.27 bits per heavy atom. The SMILES string of the molecule is Cc1ccc(/C=C/S(=O)(=O)N2CCN(c3ccnc(N4CCCCC4)n3)CC2)cc1. The lowest BCUT2D eigenvalue weighted by molar-refractivity contribution is 0.389. The Morgan fingerprint density at radius 1 is 0.867 bits per heavy atom. The van der Waals surface area contributed by atoms with Crippen LogP contribution in [0.3, 0.4) is 0 Å². The first kappa shape index (κ1) is 20.8. The molecule has 2 saturated heterocycles. The molecule has 2 aliphatic heterocycles. The van der Waals surface area contributed by atoms with E-state index in [1.54, 1.807) is 16.6 Å². The maximum Gasteiger partial charge on any atom is 0.236 e. The summed E-state index contributed by atoms with van der Waals surface area (Å²) in [5.74, 6) is 1.65. The van der Waals surface area contributed by atoms with Gasteiger partial charge in [0.25, 0.3) is 0 Å². The fraction of sp³-hybridized carbons (Fsp3) is 0.455. The highest BCUT2D eigenvalue weighted by Gasteiger charge is 2.26. The molecule has 0 unspecified atom stereocenters. The first-order chi connectivity index (χ1) is 14.5. The lowest BCUT2D eigenvalue weighted by atomic mass is 10.1. The second-order valence-electron chi connectivity index (χ2n) is 7.91. The van der Waals surface area contributed by atoms with Crippen LogP contribution in [-0.2, 0) is 10.0 Å². The largest absolute Gasteiger partial charge is 0.354 e. The molecule has 1 aromatic heterocycles. The van der Waals surface area contributed by atoms with Gasteiger partial charge in [0, 0.05) is 50.9 Å². The summed E-state index contributed by atoms with van der Waals surface area (Å²) in [5, 5.41) is 1.31. The van der Waals surface area contributed by atoms with Gasteiger partial charge in [-0.3, -0.25) is 0 Å². The predicted molar refractivity (Wildman–Crippen MR) is 121 cm³/mol. The minimum atomic E-state index is -3.44. The molecule has 0 atom stereocenters.